The van der Waals surface area contributed by atoms with Crippen LogP contribution >= 0.6 is 23.2 Å². The largest absolute Gasteiger partial charge is 0.478 e. The van der Waals surface area contributed by atoms with Gasteiger partial charge >= 0.3 is 5.97 Å². The van der Waals surface area contributed by atoms with Crippen LogP contribution in [0.1, 0.15) is 44.6 Å². The molecular weight excluding hydrogens is 393 g/mol. The highest BCUT2D eigenvalue weighted by molar-refractivity contribution is 6.35. The molecule has 0 amide bonds. The molecule has 5 heteroatoms. The van der Waals surface area contributed by atoms with E-state index in [1.165, 1.54) is 11.1 Å². The number of hydrogen-bond donors (Lipinski definition) is 2. The smallest absolute Gasteiger partial charge is 0.337 e. The maximum absolute atomic E-state index is 11.9. The van der Waals surface area contributed by atoms with Crippen LogP contribution in [0, 0.1) is 5.92 Å². The van der Waals surface area contributed by atoms with E-state index in [4.69, 9.17) is 23.2 Å². The summed E-state index contributed by atoms with van der Waals surface area (Å²) in [7, 11) is 0. The van der Waals surface area contributed by atoms with Crippen LogP contribution in [0.4, 0.5) is 5.69 Å². The lowest BCUT2D eigenvalue weighted by atomic mass is 9.75. The minimum absolute atomic E-state index is 0.102. The van der Waals surface area contributed by atoms with Gasteiger partial charge in [-0.2, -0.15) is 0 Å². The highest BCUT2D eigenvalue weighted by atomic mass is 35.5. The van der Waals surface area contributed by atoms with Crippen molar-refractivity contribution in [2.24, 2.45) is 5.92 Å². The van der Waals surface area contributed by atoms with Gasteiger partial charge in [-0.1, -0.05) is 65.7 Å². The Kier molecular flexibility index (Phi) is 4.11. The number of halogens is 2. The van der Waals surface area contributed by atoms with Gasteiger partial charge in [0.05, 0.1) is 17.3 Å². The first-order chi connectivity index (χ1) is 13.5. The predicted molar refractivity (Wildman–Crippen MR) is 112 cm³/mol. The fourth-order valence-corrected chi connectivity index (χ4v) is 5.35. The minimum Gasteiger partial charge on any atom is -0.478 e. The molecule has 1 aliphatic heterocycles. The zero-order chi connectivity index (χ0) is 19.4. The van der Waals surface area contributed by atoms with Crippen LogP contribution < -0.4 is 5.32 Å². The molecule has 0 saturated carbocycles. The van der Waals surface area contributed by atoms with E-state index in [0.717, 1.165) is 17.5 Å². The third-order valence-electron chi connectivity index (χ3n) is 5.96. The van der Waals surface area contributed by atoms with Gasteiger partial charge in [-0.15, -0.1) is 0 Å². The molecule has 3 aromatic rings. The van der Waals surface area contributed by atoms with E-state index in [1.54, 1.807) is 12.1 Å². The topological polar surface area (TPSA) is 49.3 Å². The summed E-state index contributed by atoms with van der Waals surface area (Å²) in [5.41, 5.74) is 5.53. The quantitative estimate of drug-likeness (QED) is 0.532. The molecule has 0 fully saturated rings. The van der Waals surface area contributed by atoms with Gasteiger partial charge in [0.2, 0.25) is 0 Å². The van der Waals surface area contributed by atoms with Gasteiger partial charge in [0.1, 0.15) is 0 Å². The molecular formula is C23H17Cl2NO2. The Bertz CT molecular complexity index is 1110. The second kappa shape index (κ2) is 6.54. The summed E-state index contributed by atoms with van der Waals surface area (Å²) in [4.78, 5) is 11.9. The van der Waals surface area contributed by atoms with Crippen LogP contribution in [0.25, 0.3) is 0 Å². The predicted octanol–water partition coefficient (Wildman–Crippen LogP) is 6.16. The Balaban J connectivity index is 1.74. The number of fused-ring (bicyclic) bond motifs is 5. The van der Waals surface area contributed by atoms with Crippen molar-refractivity contribution in [3.8, 4) is 0 Å². The van der Waals surface area contributed by atoms with Crippen molar-refractivity contribution in [3.05, 3.63) is 98.5 Å². The summed E-state index contributed by atoms with van der Waals surface area (Å²) in [6, 6.07) is 19.4. The van der Waals surface area contributed by atoms with Gasteiger partial charge in [-0.25, -0.2) is 4.79 Å². The normalized spacial score (nSPS) is 22.0. The molecule has 3 atom stereocenters. The highest BCUT2D eigenvalue weighted by Gasteiger charge is 2.44. The van der Waals surface area contributed by atoms with E-state index in [1.807, 2.05) is 30.3 Å². The molecule has 0 unspecified atom stereocenters. The Hall–Kier alpha value is -2.49. The molecule has 140 valence electrons. The Morgan fingerprint density at radius 2 is 1.75 bits per heavy atom. The fraction of sp³-hybridized carbons (Fsp3) is 0.174. The van der Waals surface area contributed by atoms with Crippen LogP contribution in [-0.2, 0) is 6.42 Å². The number of carboxylic acids is 1. The highest BCUT2D eigenvalue weighted by Crippen LogP contribution is 2.55. The summed E-state index contributed by atoms with van der Waals surface area (Å²) in [6.07, 6.45) is 0.911. The first-order valence-corrected chi connectivity index (χ1v) is 9.95. The van der Waals surface area contributed by atoms with Crippen LogP contribution in [0.3, 0.4) is 0 Å². The van der Waals surface area contributed by atoms with Crippen LogP contribution in [0.2, 0.25) is 10.0 Å². The second-order valence-corrected chi connectivity index (χ2v) is 8.25. The molecule has 5 rings (SSSR count). The maximum atomic E-state index is 11.9. The van der Waals surface area contributed by atoms with Crippen molar-refractivity contribution < 1.29 is 9.90 Å². The number of carbonyl (C=O) groups is 1. The van der Waals surface area contributed by atoms with Gasteiger partial charge < -0.3 is 10.4 Å². The Labute approximate surface area is 172 Å². The van der Waals surface area contributed by atoms with Crippen molar-refractivity contribution in [1.82, 2.24) is 0 Å². The Morgan fingerprint density at radius 1 is 0.964 bits per heavy atom. The third-order valence-corrected chi connectivity index (χ3v) is 6.52. The number of hydrogen-bond acceptors (Lipinski definition) is 2. The summed E-state index contributed by atoms with van der Waals surface area (Å²) in [5, 5.41) is 14.4. The number of aromatic carboxylic acids is 1. The van der Waals surface area contributed by atoms with Gasteiger partial charge in [0, 0.05) is 16.0 Å². The third kappa shape index (κ3) is 2.61. The fourth-order valence-electron chi connectivity index (χ4n) is 4.83. The molecule has 28 heavy (non-hydrogen) atoms. The number of nitrogens with one attached hydrogen (secondary N) is 1. The van der Waals surface area contributed by atoms with E-state index >= 15 is 0 Å². The molecule has 0 saturated heterocycles. The number of anilines is 1. The summed E-state index contributed by atoms with van der Waals surface area (Å²) >= 11 is 12.7. The number of benzene rings is 3. The molecule has 3 aromatic carbocycles. The average molecular weight is 410 g/mol. The molecule has 0 aromatic heterocycles. The van der Waals surface area contributed by atoms with Crippen LogP contribution in [-0.4, -0.2) is 11.1 Å². The lowest BCUT2D eigenvalue weighted by Crippen LogP contribution is -2.31. The minimum atomic E-state index is -0.935. The monoisotopic (exact) mass is 409 g/mol. The zero-order valence-corrected chi connectivity index (χ0v) is 16.3. The molecule has 0 radical (unpaired) electrons. The maximum Gasteiger partial charge on any atom is 0.337 e. The number of carboxylic acid groups (broad SMARTS) is 1. The van der Waals surface area contributed by atoms with Crippen molar-refractivity contribution in [2.45, 2.75) is 18.4 Å². The van der Waals surface area contributed by atoms with Gasteiger partial charge in [-0.05, 0) is 52.8 Å². The first-order valence-electron chi connectivity index (χ1n) is 9.20. The van der Waals surface area contributed by atoms with E-state index in [9.17, 15) is 9.90 Å². The number of para-hydroxylation sites is 1. The van der Waals surface area contributed by atoms with E-state index in [0.29, 0.717) is 15.7 Å². The van der Waals surface area contributed by atoms with E-state index in [2.05, 4.69) is 23.5 Å². The van der Waals surface area contributed by atoms with Crippen molar-refractivity contribution in [2.75, 3.05) is 5.32 Å². The number of rotatable bonds is 2. The average Bonchev–Trinajstić information content (AvgIpc) is 3.07. The Morgan fingerprint density at radius 3 is 2.54 bits per heavy atom. The lowest BCUT2D eigenvalue weighted by Gasteiger charge is -2.39. The summed E-state index contributed by atoms with van der Waals surface area (Å²) in [5.74, 6) is -0.564. The summed E-state index contributed by atoms with van der Waals surface area (Å²) in [6.45, 7) is 0. The van der Waals surface area contributed by atoms with Crippen molar-refractivity contribution in [1.29, 1.82) is 0 Å². The van der Waals surface area contributed by atoms with E-state index in [-0.39, 0.29) is 23.4 Å². The van der Waals surface area contributed by atoms with Crippen molar-refractivity contribution in [3.63, 3.8) is 0 Å². The molecule has 2 aliphatic rings. The second-order valence-electron chi connectivity index (χ2n) is 7.41. The van der Waals surface area contributed by atoms with Gasteiger partial charge in [0.15, 0.2) is 0 Å². The van der Waals surface area contributed by atoms with Crippen LogP contribution in [0.15, 0.2) is 60.7 Å². The lowest BCUT2D eigenvalue weighted by molar-refractivity contribution is 0.0697. The SMILES string of the molecule is O=C(O)c1cccc2c1N[C@H](c1ccc(Cl)cc1Cl)[C@H]1Cc3ccccc3[C@@H]21. The molecule has 0 spiro atoms. The molecule has 1 heterocycles. The zero-order valence-electron chi connectivity index (χ0n) is 14.8. The van der Waals surface area contributed by atoms with Crippen LogP contribution in [0.5, 0.6) is 0 Å². The molecule has 2 N–H and O–H groups in total. The molecule has 0 bridgehead atoms. The molecule has 1 aliphatic carbocycles. The van der Waals surface area contributed by atoms with Gasteiger partial charge in [-0.3, -0.25) is 0 Å². The van der Waals surface area contributed by atoms with Crippen molar-refractivity contribution >= 4 is 34.9 Å². The summed E-state index contributed by atoms with van der Waals surface area (Å²) < 4.78 is 0. The van der Waals surface area contributed by atoms with E-state index < -0.39 is 5.97 Å². The molecule has 3 nitrogen and oxygen atoms in total. The van der Waals surface area contributed by atoms with Gasteiger partial charge in [0.25, 0.3) is 0 Å². The first kappa shape index (κ1) is 17.6. The standard InChI is InChI=1S/C23H17Cl2NO2/c24-13-8-9-15(19(25)11-13)21-18-10-12-4-1-2-5-14(12)20(18)16-6-3-7-17(23(27)28)22(16)26-21/h1-9,11,18,20-21,26H,10H2,(H,27,28)/t18-,20-,21+/m0/s1.